The van der Waals surface area contributed by atoms with Crippen molar-refractivity contribution in [2.75, 3.05) is 13.1 Å². The van der Waals surface area contributed by atoms with E-state index in [0.29, 0.717) is 12.6 Å². The minimum atomic E-state index is 0.0801. The van der Waals surface area contributed by atoms with Crippen LogP contribution >= 0.6 is 0 Å². The second kappa shape index (κ2) is 5.07. The van der Waals surface area contributed by atoms with Gasteiger partial charge in [-0.15, -0.1) is 0 Å². The molecule has 6 nitrogen and oxygen atoms in total. The molecule has 0 spiro atoms. The van der Waals surface area contributed by atoms with E-state index >= 15 is 0 Å². The lowest BCUT2D eigenvalue weighted by molar-refractivity contribution is -0.120. The number of aromatic nitrogens is 3. The number of carbonyl (C=O) groups excluding carboxylic acids is 1. The Balaban J connectivity index is 1.55. The topological polar surface area (TPSA) is 71.8 Å². The smallest absolute Gasteiger partial charge is 0.234 e. The number of carbonyl (C=O) groups is 1. The molecule has 1 amide bonds. The number of rotatable bonds is 6. The zero-order chi connectivity index (χ0) is 11.4. The Kier molecular flexibility index (Phi) is 3.51. The lowest BCUT2D eigenvalue weighted by atomic mass is 10.4. The van der Waals surface area contributed by atoms with Crippen molar-refractivity contribution in [3.63, 3.8) is 0 Å². The summed E-state index contributed by atoms with van der Waals surface area (Å²) in [5, 5.41) is 10.1. The van der Waals surface area contributed by atoms with Gasteiger partial charge in [-0.05, 0) is 12.8 Å². The number of hydrogen-bond donors (Lipinski definition) is 2. The Bertz CT molecular complexity index is 358. The van der Waals surface area contributed by atoms with E-state index in [-0.39, 0.29) is 5.91 Å². The van der Waals surface area contributed by atoms with Crippen LogP contribution in [0.5, 0.6) is 0 Å². The number of amides is 1. The first-order valence-electron chi connectivity index (χ1n) is 5.58. The summed E-state index contributed by atoms with van der Waals surface area (Å²) in [5.41, 5.74) is 0. The highest BCUT2D eigenvalue weighted by Gasteiger charge is 2.22. The molecule has 0 saturated heterocycles. The van der Waals surface area contributed by atoms with Crippen LogP contribution in [0, 0.1) is 0 Å². The zero-order valence-corrected chi connectivity index (χ0v) is 9.44. The van der Waals surface area contributed by atoms with E-state index < -0.39 is 0 Å². The highest BCUT2D eigenvalue weighted by molar-refractivity contribution is 5.78. The largest absolute Gasteiger partial charge is 0.352 e. The van der Waals surface area contributed by atoms with E-state index in [0.717, 1.165) is 31.6 Å². The molecule has 88 valence electrons. The Morgan fingerprint density at radius 3 is 3.06 bits per heavy atom. The number of nitrogens with one attached hydrogen (secondary N) is 2. The second-order valence-corrected chi connectivity index (χ2v) is 4.10. The molecule has 0 unspecified atom stereocenters. The Hall–Kier alpha value is -1.43. The quantitative estimate of drug-likeness (QED) is 0.621. The molecule has 0 atom stereocenters. The molecule has 1 fully saturated rings. The van der Waals surface area contributed by atoms with Crippen LogP contribution in [-0.4, -0.2) is 39.8 Å². The number of hydrogen-bond acceptors (Lipinski definition) is 4. The van der Waals surface area contributed by atoms with Crippen LogP contribution in [0.4, 0.5) is 0 Å². The van der Waals surface area contributed by atoms with Gasteiger partial charge in [0.25, 0.3) is 0 Å². The molecule has 1 heterocycles. The summed E-state index contributed by atoms with van der Waals surface area (Å²) in [6, 6.07) is 0.437. The Labute approximate surface area is 94.4 Å². The number of nitrogens with zero attached hydrogens (tertiary/aromatic N) is 3. The van der Waals surface area contributed by atoms with Crippen molar-refractivity contribution in [1.82, 2.24) is 25.4 Å². The molecule has 1 aromatic heterocycles. The molecule has 0 aliphatic heterocycles. The molecular formula is C10H17N5O. The maximum atomic E-state index is 11.3. The minimum absolute atomic E-state index is 0.0801. The van der Waals surface area contributed by atoms with Crippen LogP contribution in [0.3, 0.4) is 0 Å². The van der Waals surface area contributed by atoms with Gasteiger partial charge in [-0.25, -0.2) is 4.98 Å². The highest BCUT2D eigenvalue weighted by atomic mass is 16.2. The van der Waals surface area contributed by atoms with Gasteiger partial charge >= 0.3 is 0 Å². The average molecular weight is 223 g/mol. The lowest BCUT2D eigenvalue weighted by Crippen LogP contribution is -2.35. The third-order valence-corrected chi connectivity index (χ3v) is 2.40. The van der Waals surface area contributed by atoms with Gasteiger partial charge in [0.2, 0.25) is 5.91 Å². The highest BCUT2D eigenvalue weighted by Crippen LogP contribution is 2.18. The molecule has 16 heavy (non-hydrogen) atoms. The van der Waals surface area contributed by atoms with E-state index in [1.54, 1.807) is 11.0 Å². The fraction of sp³-hybridized carbons (Fsp3) is 0.700. The van der Waals surface area contributed by atoms with Gasteiger partial charge in [-0.1, -0.05) is 0 Å². The summed E-state index contributed by atoms with van der Waals surface area (Å²) in [5.74, 6) is 0.883. The maximum absolute atomic E-state index is 11.3. The lowest BCUT2D eigenvalue weighted by Gasteiger charge is -2.03. The van der Waals surface area contributed by atoms with Gasteiger partial charge in [-0.2, -0.15) is 5.10 Å². The summed E-state index contributed by atoms with van der Waals surface area (Å²) < 4.78 is 1.68. The van der Waals surface area contributed by atoms with Gasteiger partial charge in [0.1, 0.15) is 6.33 Å². The molecule has 1 aromatic rings. The molecule has 0 bridgehead atoms. The summed E-state index contributed by atoms with van der Waals surface area (Å²) >= 11 is 0. The van der Waals surface area contributed by atoms with E-state index in [4.69, 9.17) is 0 Å². The minimum Gasteiger partial charge on any atom is -0.352 e. The van der Waals surface area contributed by atoms with Crippen molar-refractivity contribution in [2.24, 2.45) is 7.05 Å². The zero-order valence-electron chi connectivity index (χ0n) is 9.44. The van der Waals surface area contributed by atoms with Gasteiger partial charge in [-0.3, -0.25) is 9.48 Å². The first kappa shape index (κ1) is 11.1. The normalized spacial score (nSPS) is 15.1. The molecule has 0 aromatic carbocycles. The predicted molar refractivity (Wildman–Crippen MR) is 58.7 cm³/mol. The van der Waals surface area contributed by atoms with Crippen molar-refractivity contribution in [2.45, 2.75) is 25.3 Å². The fourth-order valence-electron chi connectivity index (χ4n) is 1.41. The molecule has 1 aliphatic carbocycles. The third kappa shape index (κ3) is 3.62. The van der Waals surface area contributed by atoms with Crippen LogP contribution in [-0.2, 0) is 18.3 Å². The van der Waals surface area contributed by atoms with Crippen LogP contribution in [0.2, 0.25) is 0 Å². The van der Waals surface area contributed by atoms with E-state index in [1.165, 1.54) is 0 Å². The molecule has 6 heteroatoms. The molecule has 0 radical (unpaired) electrons. The summed E-state index contributed by atoms with van der Waals surface area (Å²) in [7, 11) is 1.84. The summed E-state index contributed by atoms with van der Waals surface area (Å²) in [6.07, 6.45) is 4.68. The number of aryl methyl sites for hydroxylation is 1. The molecule has 1 aliphatic rings. The standard InChI is InChI=1S/C10H17N5O/c1-15-7-12-9(14-15)4-5-11-6-10(16)13-8-2-3-8/h7-8,11H,2-6H2,1H3,(H,13,16). The van der Waals surface area contributed by atoms with Crippen molar-refractivity contribution < 1.29 is 4.79 Å². The maximum Gasteiger partial charge on any atom is 0.234 e. The van der Waals surface area contributed by atoms with E-state index in [1.807, 2.05) is 7.05 Å². The van der Waals surface area contributed by atoms with Crippen LogP contribution in [0.1, 0.15) is 18.7 Å². The molecule has 2 rings (SSSR count). The van der Waals surface area contributed by atoms with Gasteiger partial charge in [0.15, 0.2) is 5.82 Å². The molecule has 1 saturated carbocycles. The van der Waals surface area contributed by atoms with Crippen LogP contribution < -0.4 is 10.6 Å². The summed E-state index contributed by atoms with van der Waals surface area (Å²) in [4.78, 5) is 15.4. The van der Waals surface area contributed by atoms with E-state index in [9.17, 15) is 4.79 Å². The van der Waals surface area contributed by atoms with Crippen molar-refractivity contribution in [3.8, 4) is 0 Å². The fourth-order valence-corrected chi connectivity index (χ4v) is 1.41. The average Bonchev–Trinajstić information content (AvgIpc) is 2.95. The molecular weight excluding hydrogens is 206 g/mol. The SMILES string of the molecule is Cn1cnc(CCNCC(=O)NC2CC2)n1. The summed E-state index contributed by atoms with van der Waals surface area (Å²) in [6.45, 7) is 1.10. The van der Waals surface area contributed by atoms with Crippen molar-refractivity contribution >= 4 is 5.91 Å². The van der Waals surface area contributed by atoms with Gasteiger partial charge in [0, 0.05) is 26.1 Å². The van der Waals surface area contributed by atoms with Gasteiger partial charge < -0.3 is 10.6 Å². The third-order valence-electron chi connectivity index (χ3n) is 2.40. The molecule has 2 N–H and O–H groups in total. The van der Waals surface area contributed by atoms with Crippen LogP contribution in [0.25, 0.3) is 0 Å². The van der Waals surface area contributed by atoms with Crippen LogP contribution in [0.15, 0.2) is 6.33 Å². The first-order chi connectivity index (χ1) is 7.74. The Morgan fingerprint density at radius 2 is 2.44 bits per heavy atom. The van der Waals surface area contributed by atoms with Gasteiger partial charge in [0.05, 0.1) is 6.54 Å². The second-order valence-electron chi connectivity index (χ2n) is 4.10. The van der Waals surface area contributed by atoms with E-state index in [2.05, 4.69) is 20.7 Å². The van der Waals surface area contributed by atoms with Crippen molar-refractivity contribution in [3.05, 3.63) is 12.2 Å². The van der Waals surface area contributed by atoms with Crippen molar-refractivity contribution in [1.29, 1.82) is 0 Å². The Morgan fingerprint density at radius 1 is 1.62 bits per heavy atom. The monoisotopic (exact) mass is 223 g/mol. The predicted octanol–water partition coefficient (Wildman–Crippen LogP) is -0.774. The first-order valence-corrected chi connectivity index (χ1v) is 5.58.